The van der Waals surface area contributed by atoms with Crippen LogP contribution in [-0.4, -0.2) is 339 Å². The van der Waals surface area contributed by atoms with Gasteiger partial charge in [0.2, 0.25) is 6.29 Å². The van der Waals surface area contributed by atoms with E-state index in [1.54, 1.807) is 6.92 Å². The molecule has 7 heterocycles. The molecule has 7 saturated heterocycles. The summed E-state index contributed by atoms with van der Waals surface area (Å²) in [6.45, 7) is 13.2. The van der Waals surface area contributed by atoms with E-state index in [1.807, 2.05) is 0 Å². The topological polar surface area (TPSA) is 545 Å². The molecule has 35 nitrogen and oxygen atoms in total. The first-order chi connectivity index (χ1) is 48.8. The number of aliphatic carboxylic acids is 1. The van der Waals surface area contributed by atoms with Crippen molar-refractivity contribution in [3.63, 3.8) is 0 Å². The molecule has 7 aliphatic heterocycles. The van der Waals surface area contributed by atoms with Crippen LogP contribution >= 0.6 is 0 Å². The van der Waals surface area contributed by atoms with Crippen LogP contribution in [0.4, 0.5) is 0 Å². The summed E-state index contributed by atoms with van der Waals surface area (Å²) < 4.78 is 83.7. The molecule has 0 radical (unpaired) electrons. The highest BCUT2D eigenvalue weighted by molar-refractivity contribution is 5.79. The lowest BCUT2D eigenvalue weighted by Crippen LogP contribution is -2.68. The lowest BCUT2D eigenvalue weighted by molar-refractivity contribution is -0.390. The second-order valence-corrected chi connectivity index (χ2v) is 33.0. The Morgan fingerprint density at radius 2 is 1.03 bits per heavy atom. The van der Waals surface area contributed by atoms with Crippen molar-refractivity contribution in [1.82, 2.24) is 0 Å². The summed E-state index contributed by atoms with van der Waals surface area (Å²) >= 11 is 0. The van der Waals surface area contributed by atoms with Gasteiger partial charge in [0.15, 0.2) is 49.9 Å². The van der Waals surface area contributed by atoms with Crippen molar-refractivity contribution in [2.24, 2.45) is 50.2 Å². The number of ether oxygens (including phenoxy) is 14. The molecule has 18 N–H and O–H groups in total. The molecule has 4 saturated carbocycles. The summed E-state index contributed by atoms with van der Waals surface area (Å²) in [5.74, 6) is -3.29. The van der Waals surface area contributed by atoms with Crippen molar-refractivity contribution >= 4 is 18.2 Å². The minimum absolute atomic E-state index is 0.0990. The molecule has 0 aromatic carbocycles. The number of carboxylic acid groups (broad SMARTS) is 1. The Kier molecular flexibility index (Phi) is 23.5. The highest BCUT2D eigenvalue weighted by Crippen LogP contribution is 2.76. The molecular weight excluding hydrogens is 1390 g/mol. The Hall–Kier alpha value is -2.85. The van der Waals surface area contributed by atoms with Crippen molar-refractivity contribution in [1.29, 1.82) is 0 Å². The molecule has 0 spiro atoms. The number of carboxylic acids is 1. The largest absolute Gasteiger partial charge is 0.479 e. The van der Waals surface area contributed by atoms with Gasteiger partial charge in [0.1, 0.15) is 134 Å². The molecule has 0 aromatic rings. The number of rotatable bonds is 17. The number of hydrogen-bond acceptors (Lipinski definition) is 34. The lowest BCUT2D eigenvalue weighted by Gasteiger charge is -2.71. The van der Waals surface area contributed by atoms with E-state index in [-0.39, 0.29) is 17.8 Å². The molecule has 41 atom stereocenters. The molecule has 35 heteroatoms. The molecule has 12 aliphatic rings. The Bertz CT molecular complexity index is 3040. The maximum absolute atomic E-state index is 15.7. The summed E-state index contributed by atoms with van der Waals surface area (Å²) in [6, 6.07) is 0. The first-order valence-electron chi connectivity index (χ1n) is 36.3. The van der Waals surface area contributed by atoms with Crippen molar-refractivity contribution < 1.29 is 173 Å². The van der Waals surface area contributed by atoms with Gasteiger partial charge in [0, 0.05) is 0 Å². The van der Waals surface area contributed by atoms with Gasteiger partial charge in [-0.3, -0.25) is 4.79 Å². The Labute approximate surface area is 599 Å². The normalized spacial score (nSPS) is 54.8. The molecule has 594 valence electrons. The van der Waals surface area contributed by atoms with E-state index in [4.69, 9.17) is 66.3 Å². The molecule has 0 unspecified atom stereocenters. The highest BCUT2D eigenvalue weighted by atomic mass is 16.8. The quantitative estimate of drug-likeness (QED) is 0.0280. The maximum atomic E-state index is 15.7. The lowest BCUT2D eigenvalue weighted by atomic mass is 9.33. The number of carbonyl (C=O) groups excluding carboxylic acids is 2. The highest BCUT2D eigenvalue weighted by Gasteiger charge is 2.72. The molecular formula is C69H108O35. The first kappa shape index (κ1) is 80.7. The van der Waals surface area contributed by atoms with E-state index in [1.165, 1.54) is 13.8 Å². The number of esters is 1. The fraction of sp³-hybridized carbons (Fsp3) is 0.928. The van der Waals surface area contributed by atoms with Crippen LogP contribution in [0, 0.1) is 50.2 Å². The Morgan fingerprint density at radius 1 is 0.490 bits per heavy atom. The second-order valence-electron chi connectivity index (χ2n) is 33.0. The number of fused-ring (bicyclic) bond motifs is 7. The zero-order valence-corrected chi connectivity index (χ0v) is 59.3. The van der Waals surface area contributed by atoms with Gasteiger partial charge in [-0.15, -0.1) is 0 Å². The molecule has 11 fully saturated rings. The average molecular weight is 1500 g/mol. The van der Waals surface area contributed by atoms with Crippen LogP contribution in [0.15, 0.2) is 11.6 Å². The summed E-state index contributed by atoms with van der Waals surface area (Å²) in [5.41, 5.74) is -3.39. The molecule has 104 heavy (non-hydrogen) atoms. The van der Waals surface area contributed by atoms with Gasteiger partial charge in [-0.1, -0.05) is 53.2 Å². The van der Waals surface area contributed by atoms with Crippen LogP contribution in [0.25, 0.3) is 0 Å². The minimum atomic E-state index is -2.22. The van der Waals surface area contributed by atoms with Crippen molar-refractivity contribution in [3.8, 4) is 0 Å². The van der Waals surface area contributed by atoms with Gasteiger partial charge in [-0.25, -0.2) is 4.79 Å². The van der Waals surface area contributed by atoms with Crippen LogP contribution in [0.3, 0.4) is 0 Å². The molecule has 12 rings (SSSR count). The van der Waals surface area contributed by atoms with Gasteiger partial charge in [0.25, 0.3) is 0 Å². The van der Waals surface area contributed by atoms with Crippen molar-refractivity contribution in [2.75, 3.05) is 26.4 Å². The SMILES string of the molecule is C[C@@H]1O[C@@H](O[C@H]2[C@H](OC(=O)[C@]34CCC(C)(C)C[C@H]3C3=CC[C@@H]5[C@@]6(C)CC[C@H](O[C@@H]7O[C@H](C(=O)O)[C@@H](O)[C@H](O[C@@H]8O[C@H](CO)[C@H](O)[C@H](O)[C@H]8O)[C@H]7O[C@@H]7OC[C@H](O)[C@H](O)[C@H]7O)[C@@](C)(C=O)[C@@H]6CC[C@@]5(C)[C@]3(C)CC4)O[C@H](C)[C@H](O)[C@@H]2O)[C@H](O)[C@H](O)[C@H]1O[C@@H]1OC[C@@H](O)[C@H](O[C@@H]2OC[C@@H](O)[C@H](O)[C@H]2O)[C@H]1O. The number of allylic oxidation sites excluding steroid dienone is 2. The standard InChI is InChI=1S/C69H108O35/c1-25-36(75)41(80)53(102-59-46(85)42(81)49(26(2)95-59)98-58-48(87)50(31(74)23-93-58)99-56-43(82)37(76)29(72)21-91-56)61(94-25)104-63(90)69-17-15-64(3,4)19-28(69)27-9-10-34-65(5)13-12-35(66(6,24-71)33(65)11-14-68(34,8)67(27,7)16-18-69)97-62-54(103-57-44(83)38(77)30(73)22-92-57)51(47(86)52(101-62)55(88)89)100-60-45(84)40(79)39(78)32(20-70)96-60/h9,24-26,28-54,56-62,70,72-87H,10-23H2,1-8H3,(H,88,89)/t25-,26+,28+,29-,30+,31-,32-,33-,34-,35+,36+,37+,38+,39+,40+,41+,42+,43-,44-,45-,46-,47+,48-,49+,50+,51+,52+,53-,54-,56+,57+,58+,59+,60+,61+,62-,65+,66+,67-,68-,69+/m1/s1. The van der Waals surface area contributed by atoms with Crippen molar-refractivity contribution in [3.05, 3.63) is 11.6 Å². The van der Waals surface area contributed by atoms with Gasteiger partial charge < -0.3 is 163 Å². The Morgan fingerprint density at radius 3 is 1.65 bits per heavy atom. The van der Waals surface area contributed by atoms with E-state index >= 15 is 4.79 Å². The van der Waals surface area contributed by atoms with Crippen LogP contribution < -0.4 is 0 Å². The third kappa shape index (κ3) is 13.9. The van der Waals surface area contributed by atoms with Crippen LogP contribution in [0.5, 0.6) is 0 Å². The van der Waals surface area contributed by atoms with E-state index in [2.05, 4.69) is 40.7 Å². The molecule has 5 aliphatic carbocycles. The van der Waals surface area contributed by atoms with Gasteiger partial charge in [-0.2, -0.15) is 0 Å². The molecule has 0 amide bonds. The zero-order chi connectivity index (χ0) is 75.7. The van der Waals surface area contributed by atoms with Gasteiger partial charge >= 0.3 is 11.9 Å². The predicted octanol–water partition coefficient (Wildman–Crippen LogP) is -5.32. The predicted molar refractivity (Wildman–Crippen MR) is 341 cm³/mol. The van der Waals surface area contributed by atoms with E-state index in [9.17, 15) is 102 Å². The number of aldehydes is 1. The fourth-order valence-electron chi connectivity index (χ4n) is 19.9. The van der Waals surface area contributed by atoms with Crippen LogP contribution in [0.1, 0.15) is 120 Å². The monoisotopic (exact) mass is 1500 g/mol. The second kappa shape index (κ2) is 30.3. The minimum Gasteiger partial charge on any atom is -0.479 e. The molecule has 0 aromatic heterocycles. The van der Waals surface area contributed by atoms with E-state index in [0.29, 0.717) is 57.8 Å². The maximum Gasteiger partial charge on any atom is 0.335 e. The smallest absolute Gasteiger partial charge is 0.335 e. The van der Waals surface area contributed by atoms with Gasteiger partial charge in [-0.05, 0) is 117 Å². The van der Waals surface area contributed by atoms with Gasteiger partial charge in [0.05, 0.1) is 55.6 Å². The number of aliphatic hydroxyl groups is 17. The van der Waals surface area contributed by atoms with E-state index < -0.39 is 280 Å². The summed E-state index contributed by atoms with van der Waals surface area (Å²) in [6.07, 6.45) is -49.8. The third-order valence-electron chi connectivity index (χ3n) is 26.4. The summed E-state index contributed by atoms with van der Waals surface area (Å²) in [4.78, 5) is 42.9. The zero-order valence-electron chi connectivity index (χ0n) is 59.3. The number of carbonyl (C=O) groups is 3. The van der Waals surface area contributed by atoms with Crippen molar-refractivity contribution in [2.45, 2.75) is 322 Å². The molecule has 0 bridgehead atoms. The first-order valence-corrected chi connectivity index (χ1v) is 36.3. The summed E-state index contributed by atoms with van der Waals surface area (Å²) in [7, 11) is 0. The van der Waals surface area contributed by atoms with Crippen LogP contribution in [-0.2, 0) is 80.7 Å². The summed E-state index contributed by atoms with van der Waals surface area (Å²) in [5, 5.41) is 196. The number of hydrogen-bond donors (Lipinski definition) is 18. The fourth-order valence-corrected chi connectivity index (χ4v) is 19.9. The third-order valence-corrected chi connectivity index (χ3v) is 26.4. The average Bonchev–Trinajstić information content (AvgIpc) is 0.674. The number of aliphatic hydroxyl groups excluding tert-OH is 17. The van der Waals surface area contributed by atoms with Crippen LogP contribution in [0.2, 0.25) is 0 Å². The Balaban J connectivity index is 0.766. The van der Waals surface area contributed by atoms with E-state index in [0.717, 1.165) is 11.9 Å².